The van der Waals surface area contributed by atoms with Crippen LogP contribution in [0.2, 0.25) is 0 Å². The van der Waals surface area contributed by atoms with E-state index < -0.39 is 236 Å². The number of H-pyrrole nitrogens is 4. The maximum atomic E-state index is 15.6. The molecule has 0 radical (unpaired) electrons. The Bertz CT molecular complexity index is 5800. The van der Waals surface area contributed by atoms with Crippen LogP contribution in [0.25, 0.3) is 0 Å². The second-order valence-corrected chi connectivity index (χ2v) is 36.0. The number of piperidine rings is 3. The molecule has 4 unspecified atom stereocenters. The Labute approximate surface area is 703 Å². The fourth-order valence-electron chi connectivity index (χ4n) is 16.4. The van der Waals surface area contributed by atoms with Gasteiger partial charge in [-0.3, -0.25) is 93.6 Å². The van der Waals surface area contributed by atoms with E-state index in [2.05, 4.69) is 19.9 Å². The van der Waals surface area contributed by atoms with Crippen LogP contribution in [-0.4, -0.2) is 229 Å². The van der Waals surface area contributed by atoms with Gasteiger partial charge in [0.05, 0.1) is 43.5 Å². The van der Waals surface area contributed by atoms with Gasteiger partial charge in [0.2, 0.25) is 0 Å². The minimum Gasteiger partial charge on any atom is -0.369 e. The summed E-state index contributed by atoms with van der Waals surface area (Å²) in [6, 6.07) is 20.0. The van der Waals surface area contributed by atoms with Gasteiger partial charge in [-0.1, -0.05) is 36.4 Å². The van der Waals surface area contributed by atoms with Crippen molar-refractivity contribution in [3.63, 3.8) is 0 Å². The number of anilines is 3. The smallest absolute Gasteiger partial charge is 0.369 e. The number of fused-ring (bicyclic) bond motifs is 4. The van der Waals surface area contributed by atoms with Gasteiger partial charge >= 0.3 is 54.0 Å². The quantitative estimate of drug-likeness (QED) is 0.0509. The first kappa shape index (κ1) is 91.4. The third kappa shape index (κ3) is 20.2. The average Bonchev–Trinajstić information content (AvgIpc) is 1.60. The van der Waals surface area contributed by atoms with Gasteiger partial charge in [-0.25, -0.2) is 50.6 Å². The van der Waals surface area contributed by atoms with E-state index in [-0.39, 0.29) is 100 Å². The Morgan fingerprint density at radius 3 is 0.992 bits per heavy atom. The third-order valence-corrected chi connectivity index (χ3v) is 26.8. The highest BCUT2D eigenvalue weighted by Gasteiger charge is 2.60. The summed E-state index contributed by atoms with van der Waals surface area (Å²) >= 11 is 0. The largest absolute Gasteiger partial charge is 0.472 e. The number of ether oxygens (including phenoxy) is 10. The van der Waals surface area contributed by atoms with Crippen LogP contribution in [0.5, 0.6) is 0 Å². The number of halogens is 3. The SMILES string of the molecule is COC1(O[C@@H]2[C@@H]3OP(=O)(O)OC[C@H]4O[C@@H](n5ccc(=O)[nH]c5=O)[C@H](OC5(OC)CCN(c6ccccc6F)CC5)[C@@H]4OP(=O)(O)OC[C@H]4O[C@@H](n5cc(C)c(=O)[nH]c5=O)C[C@@H]4OP(=O)(O)OC[C@H]4O[C@@H](n5ccc(=O)[nH]c5=O)[C@H](OC5(OC)CCN(c6ccccc6F)CC5)[C@@H]4OP(=O)(O)OC[C@H]3O[C@H]2n2ccc(=O)[nH]c2=O)CCN(c2ccccc2F)CC1. The van der Waals surface area contributed by atoms with Gasteiger partial charge in [0.1, 0.15) is 90.8 Å². The van der Waals surface area contributed by atoms with Crippen LogP contribution in [-0.2, 0) is 102 Å². The van der Waals surface area contributed by atoms with Gasteiger partial charge < -0.3 is 81.6 Å². The van der Waals surface area contributed by atoms with Crippen LogP contribution < -0.4 is 59.7 Å². The molecule has 8 saturated heterocycles. The minimum atomic E-state index is -6.11. The zero-order valence-corrected chi connectivity index (χ0v) is 70.3. The molecule has 680 valence electrons. The normalized spacial score (nSPS) is 33.1. The summed E-state index contributed by atoms with van der Waals surface area (Å²) in [7, 11) is -20.4. The van der Waals surface area contributed by atoms with Crippen LogP contribution >= 0.6 is 31.3 Å². The van der Waals surface area contributed by atoms with Crippen molar-refractivity contribution in [2.75, 3.05) is 102 Å². The van der Waals surface area contributed by atoms with Gasteiger partial charge in [0, 0.05) is 154 Å². The highest BCUT2D eigenvalue weighted by molar-refractivity contribution is 7.48. The molecule has 8 fully saturated rings. The van der Waals surface area contributed by atoms with Crippen LogP contribution in [0.3, 0.4) is 0 Å². The third-order valence-electron chi connectivity index (χ3n) is 22.8. The van der Waals surface area contributed by atoms with Crippen molar-refractivity contribution in [3.05, 3.63) is 222 Å². The second-order valence-electron chi connectivity index (χ2n) is 30.4. The predicted octanol–water partition coefficient (Wildman–Crippen LogP) is 3.00. The van der Waals surface area contributed by atoms with Crippen molar-refractivity contribution >= 4 is 48.4 Å². The first-order valence-corrected chi connectivity index (χ1v) is 45.1. The number of phosphoric ester groups is 4. The number of aromatic amines is 4. The molecule has 52 heteroatoms. The molecule has 7 aromatic rings. The fraction of sp³-hybridized carbons (Fsp3) is 0.534. The van der Waals surface area contributed by atoms with Crippen molar-refractivity contribution in [3.8, 4) is 0 Å². The zero-order valence-electron chi connectivity index (χ0n) is 66.7. The van der Waals surface area contributed by atoms with Crippen LogP contribution in [0.15, 0.2) is 154 Å². The van der Waals surface area contributed by atoms with Gasteiger partial charge in [-0.15, -0.1) is 0 Å². The minimum absolute atomic E-state index is 0.0276. The Balaban J connectivity index is 0.839. The van der Waals surface area contributed by atoms with Crippen molar-refractivity contribution in [1.29, 1.82) is 0 Å². The predicted molar refractivity (Wildman–Crippen MR) is 420 cm³/mol. The summed E-state index contributed by atoms with van der Waals surface area (Å²) in [5.41, 5.74) is -8.03. The molecule has 12 heterocycles. The molecule has 0 spiro atoms. The highest BCUT2D eigenvalue weighted by Crippen LogP contribution is 2.58. The summed E-state index contributed by atoms with van der Waals surface area (Å²) < 4.78 is 222. The number of methoxy groups -OCH3 is 3. The summed E-state index contributed by atoms with van der Waals surface area (Å²) in [5, 5.41) is 0. The van der Waals surface area contributed by atoms with Gasteiger partial charge in [0.25, 0.3) is 22.2 Å². The molecule has 0 bridgehead atoms. The monoisotopic (exact) mass is 1840 g/mol. The van der Waals surface area contributed by atoms with Crippen molar-refractivity contribution < 1.29 is 135 Å². The van der Waals surface area contributed by atoms with Crippen molar-refractivity contribution in [2.24, 2.45) is 0 Å². The van der Waals surface area contributed by atoms with Crippen LogP contribution in [0.1, 0.15) is 75.4 Å². The molecule has 0 amide bonds. The number of benzene rings is 3. The van der Waals surface area contributed by atoms with Gasteiger partial charge in [0.15, 0.2) is 36.0 Å². The molecule has 4 aromatic heterocycles. The van der Waals surface area contributed by atoms with E-state index in [1.165, 1.54) is 82.9 Å². The number of nitrogens with zero attached hydrogens (tertiary/aromatic N) is 7. The number of nitrogens with one attached hydrogen (secondary N) is 4. The molecular formula is C73H88F3N11O34P4. The lowest BCUT2D eigenvalue weighted by atomic mass is 10.0. The Morgan fingerprint density at radius 2 is 0.688 bits per heavy atom. The lowest BCUT2D eigenvalue weighted by molar-refractivity contribution is -0.275. The summed E-state index contributed by atoms with van der Waals surface area (Å²) in [4.78, 5) is 170. The Hall–Kier alpha value is -8.39. The van der Waals surface area contributed by atoms with E-state index in [1.54, 1.807) is 32.9 Å². The van der Waals surface area contributed by atoms with Crippen LogP contribution in [0.4, 0.5) is 30.2 Å². The number of hydrogen-bond acceptors (Lipinski definition) is 33. The standard InChI is InChI=1S/C73H88F3N11O34P4/c1-41-36-87(70(95)80-63(41)91)56-35-48-49(111-56)37-107-123(98,99)119-58-51(113-65(85-27-18-54(89)78-68(85)93)61(58)116-72(105-3)22-31-82(32-23-72)46-15-9-6-12-43(46)75)39-109-125(102,103)121-59-52(114-66(86-28-19-55(90)79-69(86)94)62(59)117-73(106-4)24-33-83(34-25-73)47-16-10-7-13-44(47)76)40-110-124(100,101)120-57-50(38-108-122(96,97)118-48)112-64(84-26-17-53(88)77-67(84)92)60(57)115-71(104-2)20-29-81(30-21-71)45-14-8-5-11-42(45)74/h5-19,26-28,36,48-52,56-62,64-66H,20-25,29-35,37-40H2,1-4H3,(H,96,97)(H,98,99)(H,100,101)(H,102,103)(H,77,88,92)(H,78,89,93)(H,79,90,94)(H,80,91,95)/t48-,49+,50+,51+,52+,56+,57+,58+,59+,60+,61+,62+,64+,65+,66+/m0/s1. The number of para-hydroxylation sites is 3. The molecule has 8 aliphatic rings. The van der Waals surface area contributed by atoms with E-state index >= 15 is 26.9 Å². The first-order valence-electron chi connectivity index (χ1n) is 39.1. The van der Waals surface area contributed by atoms with Crippen molar-refractivity contribution in [2.45, 2.75) is 161 Å². The molecule has 45 nitrogen and oxygen atoms in total. The number of hydrogen-bond donors (Lipinski definition) is 8. The fourth-order valence-corrected chi connectivity index (χ4v) is 20.3. The molecule has 125 heavy (non-hydrogen) atoms. The lowest BCUT2D eigenvalue weighted by Crippen LogP contribution is -2.53. The molecule has 19 atom stereocenters. The lowest BCUT2D eigenvalue weighted by Gasteiger charge is -2.44. The molecular weight excluding hydrogens is 1760 g/mol. The van der Waals surface area contributed by atoms with E-state index in [0.717, 1.165) is 61.3 Å². The molecule has 15 rings (SSSR count). The maximum absolute atomic E-state index is 15.6. The molecule has 0 saturated carbocycles. The number of rotatable bonds is 16. The number of phosphoric acid groups is 4. The summed E-state index contributed by atoms with van der Waals surface area (Å²) in [5.74, 6) is -7.44. The maximum Gasteiger partial charge on any atom is 0.472 e. The van der Waals surface area contributed by atoms with Crippen molar-refractivity contribution in [1.82, 2.24) is 38.2 Å². The average molecular weight is 1840 g/mol. The van der Waals surface area contributed by atoms with Gasteiger partial charge in [-0.2, -0.15) is 0 Å². The molecule has 0 aliphatic carbocycles. The summed E-state index contributed by atoms with van der Waals surface area (Å²) in [6.45, 7) is -4.28. The number of aromatic nitrogens is 8. The van der Waals surface area contributed by atoms with E-state index in [1.807, 2.05) is 0 Å². The second kappa shape index (κ2) is 37.0. The summed E-state index contributed by atoms with van der Waals surface area (Å²) in [6.07, 6.45) is -28.9. The number of aryl methyl sites for hydroxylation is 1. The van der Waals surface area contributed by atoms with Gasteiger partial charge in [-0.05, 0) is 43.3 Å². The van der Waals surface area contributed by atoms with E-state index in [4.69, 9.17) is 83.6 Å². The zero-order chi connectivity index (χ0) is 88.9. The highest BCUT2D eigenvalue weighted by atomic mass is 31.2. The first-order chi connectivity index (χ1) is 59.5. The van der Waals surface area contributed by atoms with E-state index in [0.29, 0.717) is 0 Å². The molecule has 3 aromatic carbocycles. The molecule has 8 N–H and O–H groups in total. The Morgan fingerprint density at radius 1 is 0.392 bits per heavy atom. The van der Waals surface area contributed by atoms with E-state index in [9.17, 15) is 62.5 Å². The van der Waals surface area contributed by atoms with Crippen LogP contribution in [0, 0.1) is 24.4 Å². The Kier molecular flexibility index (Phi) is 27.0. The topological polar surface area (TPSA) is 545 Å². The molecule has 8 aliphatic heterocycles.